The quantitative estimate of drug-likeness (QED) is 0.0440. The van der Waals surface area contributed by atoms with Crippen molar-refractivity contribution in [2.24, 2.45) is 0 Å². The molecule has 0 rings (SSSR count). The van der Waals surface area contributed by atoms with E-state index in [1.165, 1.54) is 180 Å². The number of rotatable bonds is 40. The topological polar surface area (TPSA) is 69.6 Å². The van der Waals surface area contributed by atoms with Crippen LogP contribution in [0.5, 0.6) is 0 Å². The molecule has 4 nitrogen and oxygen atoms in total. The summed E-state index contributed by atoms with van der Waals surface area (Å²) in [5, 5.41) is 22.9. The molecule has 0 aliphatic heterocycles. The summed E-state index contributed by atoms with van der Waals surface area (Å²) in [6, 6.07) is -0.637. The van der Waals surface area contributed by atoms with Crippen LogP contribution in [0.15, 0.2) is 36.5 Å². The molecular formula is C46H87NO3. The second-order valence-electron chi connectivity index (χ2n) is 15.1. The summed E-state index contributed by atoms with van der Waals surface area (Å²) in [4.78, 5) is 12.4. The first kappa shape index (κ1) is 48.6. The Morgan fingerprint density at radius 1 is 0.460 bits per heavy atom. The second kappa shape index (κ2) is 42.0. The molecule has 50 heavy (non-hydrogen) atoms. The zero-order valence-corrected chi connectivity index (χ0v) is 33.7. The van der Waals surface area contributed by atoms with E-state index in [-0.39, 0.29) is 12.5 Å². The Kier molecular flexibility index (Phi) is 40.9. The predicted molar refractivity (Wildman–Crippen MR) is 221 cm³/mol. The van der Waals surface area contributed by atoms with Gasteiger partial charge in [0, 0.05) is 6.42 Å². The van der Waals surface area contributed by atoms with Crippen molar-refractivity contribution in [2.75, 3.05) is 6.61 Å². The molecule has 0 aromatic heterocycles. The van der Waals surface area contributed by atoms with Crippen LogP contribution < -0.4 is 5.32 Å². The molecule has 294 valence electrons. The molecule has 0 aliphatic carbocycles. The van der Waals surface area contributed by atoms with Gasteiger partial charge >= 0.3 is 0 Å². The number of carbonyl (C=O) groups is 1. The van der Waals surface area contributed by atoms with Crippen LogP contribution >= 0.6 is 0 Å². The number of unbranched alkanes of at least 4 members (excludes halogenated alkanes) is 29. The monoisotopic (exact) mass is 702 g/mol. The fourth-order valence-corrected chi connectivity index (χ4v) is 6.66. The van der Waals surface area contributed by atoms with Crippen LogP contribution in [0.3, 0.4) is 0 Å². The van der Waals surface area contributed by atoms with E-state index in [1.54, 1.807) is 6.08 Å². The number of amides is 1. The summed E-state index contributed by atoms with van der Waals surface area (Å²) in [7, 11) is 0. The molecule has 0 saturated heterocycles. The maximum Gasteiger partial charge on any atom is 0.220 e. The Bertz CT molecular complexity index is 760. The van der Waals surface area contributed by atoms with Crippen LogP contribution in [0, 0.1) is 0 Å². The van der Waals surface area contributed by atoms with Crippen molar-refractivity contribution in [3.8, 4) is 0 Å². The highest BCUT2D eigenvalue weighted by Crippen LogP contribution is 2.15. The fourth-order valence-electron chi connectivity index (χ4n) is 6.66. The van der Waals surface area contributed by atoms with Crippen molar-refractivity contribution in [3.63, 3.8) is 0 Å². The Morgan fingerprint density at radius 2 is 0.780 bits per heavy atom. The largest absolute Gasteiger partial charge is 0.394 e. The smallest absolute Gasteiger partial charge is 0.220 e. The van der Waals surface area contributed by atoms with Crippen LogP contribution in [0.4, 0.5) is 0 Å². The molecule has 0 spiro atoms. The zero-order chi connectivity index (χ0) is 36.4. The van der Waals surface area contributed by atoms with E-state index >= 15 is 0 Å². The highest BCUT2D eigenvalue weighted by atomic mass is 16.3. The molecule has 0 heterocycles. The summed E-state index contributed by atoms with van der Waals surface area (Å²) in [6.45, 7) is 4.29. The van der Waals surface area contributed by atoms with Gasteiger partial charge in [0.1, 0.15) is 0 Å². The molecule has 0 aliphatic rings. The van der Waals surface area contributed by atoms with Gasteiger partial charge in [0.2, 0.25) is 5.91 Å². The number of allylic oxidation sites excluding steroid dienone is 5. The van der Waals surface area contributed by atoms with Gasteiger partial charge in [-0.3, -0.25) is 4.79 Å². The summed E-state index contributed by atoms with van der Waals surface area (Å²) in [5.74, 6) is -0.0756. The maximum atomic E-state index is 12.4. The van der Waals surface area contributed by atoms with Crippen molar-refractivity contribution in [1.29, 1.82) is 0 Å². The summed E-state index contributed by atoms with van der Waals surface area (Å²) in [5.41, 5.74) is 0. The molecule has 0 aromatic rings. The van der Waals surface area contributed by atoms with Crippen LogP contribution in [0.1, 0.15) is 232 Å². The Labute approximate surface area is 312 Å². The minimum atomic E-state index is -0.860. The Hall–Kier alpha value is -1.39. The summed E-state index contributed by atoms with van der Waals surface area (Å²) < 4.78 is 0. The van der Waals surface area contributed by atoms with Crippen LogP contribution in [0.2, 0.25) is 0 Å². The van der Waals surface area contributed by atoms with Gasteiger partial charge in [0.05, 0.1) is 18.8 Å². The molecule has 2 atom stereocenters. The van der Waals surface area contributed by atoms with Crippen molar-refractivity contribution < 1.29 is 15.0 Å². The number of nitrogens with one attached hydrogen (secondary N) is 1. The Morgan fingerprint density at radius 3 is 1.16 bits per heavy atom. The maximum absolute atomic E-state index is 12.4. The summed E-state index contributed by atoms with van der Waals surface area (Å²) >= 11 is 0. The molecular weight excluding hydrogens is 615 g/mol. The van der Waals surface area contributed by atoms with E-state index < -0.39 is 12.1 Å². The van der Waals surface area contributed by atoms with Crippen molar-refractivity contribution in [3.05, 3.63) is 36.5 Å². The lowest BCUT2D eigenvalue weighted by Crippen LogP contribution is -2.45. The van der Waals surface area contributed by atoms with Crippen molar-refractivity contribution >= 4 is 5.91 Å². The van der Waals surface area contributed by atoms with Crippen molar-refractivity contribution in [2.45, 2.75) is 244 Å². The highest BCUT2D eigenvalue weighted by molar-refractivity contribution is 5.76. The number of hydrogen-bond donors (Lipinski definition) is 3. The zero-order valence-electron chi connectivity index (χ0n) is 33.7. The third kappa shape index (κ3) is 37.9. The van der Waals surface area contributed by atoms with E-state index in [2.05, 4.69) is 43.5 Å². The van der Waals surface area contributed by atoms with Crippen LogP contribution in [-0.2, 0) is 4.79 Å². The van der Waals surface area contributed by atoms with Gasteiger partial charge in [0.15, 0.2) is 0 Å². The van der Waals surface area contributed by atoms with Crippen LogP contribution in [0.25, 0.3) is 0 Å². The van der Waals surface area contributed by atoms with Crippen LogP contribution in [-0.4, -0.2) is 34.9 Å². The minimum absolute atomic E-state index is 0.0756. The first-order valence-electron chi connectivity index (χ1n) is 22.2. The third-order valence-corrected chi connectivity index (χ3v) is 10.1. The SMILES string of the molecule is CCCCCCCC/C=C/CC/C=C/C(O)C(CO)NC(=O)CCCCCCCCCCCC/C=C\CCCCCCCCCCCCCC. The first-order chi connectivity index (χ1) is 24.7. The minimum Gasteiger partial charge on any atom is -0.394 e. The molecule has 3 N–H and O–H groups in total. The number of hydrogen-bond acceptors (Lipinski definition) is 3. The second-order valence-corrected chi connectivity index (χ2v) is 15.1. The van der Waals surface area contributed by atoms with Gasteiger partial charge in [0.25, 0.3) is 0 Å². The van der Waals surface area contributed by atoms with Gasteiger partial charge in [-0.2, -0.15) is 0 Å². The molecule has 2 unspecified atom stereocenters. The lowest BCUT2D eigenvalue weighted by atomic mass is 10.0. The molecule has 0 aromatic carbocycles. The van der Waals surface area contributed by atoms with E-state index in [4.69, 9.17) is 0 Å². The number of aliphatic hydroxyl groups is 2. The van der Waals surface area contributed by atoms with E-state index in [0.717, 1.165) is 32.1 Å². The van der Waals surface area contributed by atoms with E-state index in [1.807, 2.05) is 6.08 Å². The first-order valence-corrected chi connectivity index (χ1v) is 22.2. The fraction of sp³-hybridized carbons (Fsp3) is 0.848. The van der Waals surface area contributed by atoms with Crippen molar-refractivity contribution in [1.82, 2.24) is 5.32 Å². The predicted octanol–water partition coefficient (Wildman–Crippen LogP) is 13.8. The normalized spacial score (nSPS) is 13.3. The molecule has 0 bridgehead atoms. The van der Waals surface area contributed by atoms with E-state index in [9.17, 15) is 15.0 Å². The lowest BCUT2D eigenvalue weighted by molar-refractivity contribution is -0.123. The Balaban J connectivity index is 3.52. The van der Waals surface area contributed by atoms with Gasteiger partial charge in [-0.25, -0.2) is 0 Å². The van der Waals surface area contributed by atoms with E-state index in [0.29, 0.717) is 6.42 Å². The molecule has 0 fully saturated rings. The molecule has 1 amide bonds. The van der Waals surface area contributed by atoms with Gasteiger partial charge < -0.3 is 15.5 Å². The van der Waals surface area contributed by atoms with Gasteiger partial charge in [-0.05, 0) is 57.8 Å². The molecule has 4 heteroatoms. The average Bonchev–Trinajstić information content (AvgIpc) is 3.12. The number of aliphatic hydroxyl groups excluding tert-OH is 2. The van der Waals surface area contributed by atoms with Gasteiger partial charge in [-0.1, -0.05) is 204 Å². The lowest BCUT2D eigenvalue weighted by Gasteiger charge is -2.19. The summed E-state index contributed by atoms with van der Waals surface area (Å²) in [6.07, 6.45) is 55.5. The third-order valence-electron chi connectivity index (χ3n) is 10.1. The molecule has 0 saturated carbocycles. The molecule has 0 radical (unpaired) electrons. The van der Waals surface area contributed by atoms with Gasteiger partial charge in [-0.15, -0.1) is 0 Å². The standard InChI is InChI=1S/C46H87NO3/c1-3-5-7-9-11-13-15-17-18-19-20-21-22-23-24-25-26-27-28-29-30-32-34-36-38-40-42-46(50)47-44(43-48)45(49)41-39-37-35-33-31-16-14-12-10-8-6-4-2/h23-24,31,33,39,41,44-45,48-49H,3-22,25-30,32,34-38,40,42-43H2,1-2H3,(H,47,50)/b24-23-,33-31+,41-39+. The average molecular weight is 702 g/mol. The highest BCUT2D eigenvalue weighted by Gasteiger charge is 2.17. The number of carbonyl (C=O) groups excluding carboxylic acids is 1.